The van der Waals surface area contributed by atoms with Gasteiger partial charge in [-0.15, -0.1) is 0 Å². The van der Waals surface area contributed by atoms with Crippen molar-refractivity contribution < 1.29 is 38.4 Å². The summed E-state index contributed by atoms with van der Waals surface area (Å²) in [5, 5.41) is 0.958. The Labute approximate surface area is 126 Å². The SMILES string of the molecule is O=[P+](O)c1ccccc1.O=[P+](O)c1ccccc1.[Zn]. The van der Waals surface area contributed by atoms with Gasteiger partial charge in [0.05, 0.1) is 0 Å². The van der Waals surface area contributed by atoms with Gasteiger partial charge in [0, 0.05) is 19.5 Å². The van der Waals surface area contributed by atoms with Gasteiger partial charge in [-0.25, -0.2) is 0 Å². The van der Waals surface area contributed by atoms with Crippen LogP contribution in [0.5, 0.6) is 0 Å². The van der Waals surface area contributed by atoms with Crippen molar-refractivity contribution >= 4 is 26.7 Å². The van der Waals surface area contributed by atoms with Gasteiger partial charge in [0.1, 0.15) is 0 Å². The molecule has 0 fully saturated rings. The largest absolute Gasteiger partial charge is 0.546 e. The molecule has 0 radical (unpaired) electrons. The minimum absolute atomic E-state index is 0. The normalized spacial score (nSPS) is 10.4. The molecule has 0 saturated carbocycles. The fraction of sp³-hybridized carbons (Fsp3) is 0. The van der Waals surface area contributed by atoms with Crippen LogP contribution >= 0.6 is 16.1 Å². The van der Waals surface area contributed by atoms with Crippen molar-refractivity contribution in [3.63, 3.8) is 0 Å². The average molecular weight is 348 g/mol. The molecule has 0 aliphatic heterocycles. The second-order valence-corrected chi connectivity index (χ2v) is 5.34. The molecule has 19 heavy (non-hydrogen) atoms. The number of hydrogen-bond acceptors (Lipinski definition) is 2. The molecular weight excluding hydrogens is 335 g/mol. The van der Waals surface area contributed by atoms with E-state index < -0.39 is 16.1 Å². The molecule has 2 rings (SSSR count). The quantitative estimate of drug-likeness (QED) is 0.644. The summed E-state index contributed by atoms with van der Waals surface area (Å²) in [7, 11) is -4.29. The monoisotopic (exact) mass is 346 g/mol. The van der Waals surface area contributed by atoms with Crippen molar-refractivity contribution in [2.75, 3.05) is 0 Å². The zero-order valence-electron chi connectivity index (χ0n) is 10.1. The van der Waals surface area contributed by atoms with Gasteiger partial charge in [0.2, 0.25) is 10.6 Å². The maximum atomic E-state index is 10.3. The standard InChI is InChI=1S/2C6H5O2P.Zn/c2*7-9(8)6-4-2-1-3-5-6;/h2*1-5H;/p+2. The van der Waals surface area contributed by atoms with E-state index in [-0.39, 0.29) is 19.5 Å². The van der Waals surface area contributed by atoms with E-state index in [1.807, 2.05) is 12.1 Å². The van der Waals surface area contributed by atoms with E-state index in [0.29, 0.717) is 10.6 Å². The van der Waals surface area contributed by atoms with E-state index in [4.69, 9.17) is 9.79 Å². The molecule has 2 aromatic carbocycles. The fourth-order valence-corrected chi connectivity index (χ4v) is 1.97. The van der Waals surface area contributed by atoms with E-state index >= 15 is 0 Å². The van der Waals surface area contributed by atoms with Crippen molar-refractivity contribution in [3.05, 3.63) is 60.7 Å². The van der Waals surface area contributed by atoms with E-state index in [9.17, 15) is 9.13 Å². The zero-order valence-corrected chi connectivity index (χ0v) is 14.8. The molecule has 0 amide bonds. The number of benzene rings is 2. The molecule has 0 bridgehead atoms. The minimum Gasteiger partial charge on any atom is -0.156 e. The summed E-state index contributed by atoms with van der Waals surface area (Å²) in [6.07, 6.45) is 0. The van der Waals surface area contributed by atoms with E-state index in [2.05, 4.69) is 0 Å². The van der Waals surface area contributed by atoms with E-state index in [0.717, 1.165) is 0 Å². The van der Waals surface area contributed by atoms with Crippen LogP contribution in [0.25, 0.3) is 0 Å². The Balaban J connectivity index is 0.000000324. The summed E-state index contributed by atoms with van der Waals surface area (Å²) >= 11 is 0. The Morgan fingerprint density at radius 2 is 0.895 bits per heavy atom. The van der Waals surface area contributed by atoms with Gasteiger partial charge in [-0.2, -0.15) is 9.79 Å². The Morgan fingerprint density at radius 1 is 0.632 bits per heavy atom. The van der Waals surface area contributed by atoms with Crippen LogP contribution in [-0.2, 0) is 28.6 Å². The Kier molecular flexibility index (Phi) is 9.60. The van der Waals surface area contributed by atoms with Crippen molar-refractivity contribution in [3.8, 4) is 0 Å². The summed E-state index contributed by atoms with van der Waals surface area (Å²) in [5.41, 5.74) is 0. The number of rotatable bonds is 2. The molecule has 4 nitrogen and oxygen atoms in total. The molecule has 2 aromatic rings. The first kappa shape index (κ1) is 18.2. The molecule has 0 aliphatic rings. The van der Waals surface area contributed by atoms with Crippen molar-refractivity contribution in [2.24, 2.45) is 0 Å². The summed E-state index contributed by atoms with van der Waals surface area (Å²) in [5.74, 6) is 0. The third-order valence-corrected chi connectivity index (χ3v) is 3.43. The third kappa shape index (κ3) is 7.37. The van der Waals surface area contributed by atoms with Crippen LogP contribution in [0.2, 0.25) is 0 Å². The van der Waals surface area contributed by atoms with E-state index in [1.54, 1.807) is 48.5 Å². The van der Waals surface area contributed by atoms with Gasteiger partial charge in [0.25, 0.3) is 0 Å². The predicted molar refractivity (Wildman–Crippen MR) is 71.8 cm³/mol. The van der Waals surface area contributed by atoms with Gasteiger partial charge < -0.3 is 0 Å². The first-order chi connectivity index (χ1) is 8.61. The van der Waals surface area contributed by atoms with E-state index in [1.165, 1.54) is 0 Å². The smallest absolute Gasteiger partial charge is 0.156 e. The maximum absolute atomic E-state index is 10.3. The summed E-state index contributed by atoms with van der Waals surface area (Å²) < 4.78 is 20.7. The van der Waals surface area contributed by atoms with Crippen molar-refractivity contribution in [1.29, 1.82) is 0 Å². The molecule has 2 N–H and O–H groups in total. The Bertz CT molecular complexity index is 470. The maximum Gasteiger partial charge on any atom is 0.546 e. The van der Waals surface area contributed by atoms with Gasteiger partial charge in [-0.1, -0.05) is 36.4 Å². The molecule has 0 saturated heterocycles. The molecule has 0 heterocycles. The molecule has 94 valence electrons. The molecule has 0 spiro atoms. The zero-order chi connectivity index (χ0) is 13.4. The summed E-state index contributed by atoms with van der Waals surface area (Å²) in [6, 6.07) is 17.1. The van der Waals surface area contributed by atoms with Crippen LogP contribution in [0.15, 0.2) is 60.7 Å². The second kappa shape index (κ2) is 10.0. The van der Waals surface area contributed by atoms with Crippen LogP contribution in [0.3, 0.4) is 0 Å². The first-order valence-electron chi connectivity index (χ1n) is 5.03. The minimum atomic E-state index is -2.15. The Morgan fingerprint density at radius 3 is 1.05 bits per heavy atom. The van der Waals surface area contributed by atoms with Crippen molar-refractivity contribution in [2.45, 2.75) is 0 Å². The van der Waals surface area contributed by atoms with Gasteiger partial charge in [-0.05, 0) is 33.4 Å². The first-order valence-corrected chi connectivity index (χ1v) is 7.46. The van der Waals surface area contributed by atoms with Gasteiger partial charge in [0.15, 0.2) is 0 Å². The Hall–Kier alpha value is -0.817. The number of hydrogen-bond donors (Lipinski definition) is 2. The molecule has 2 atom stereocenters. The fourth-order valence-electron chi connectivity index (χ4n) is 1.11. The topological polar surface area (TPSA) is 74.6 Å². The molecular formula is C12H12O4P2Zn+2. The summed E-state index contributed by atoms with van der Waals surface area (Å²) in [6.45, 7) is 0. The average Bonchev–Trinajstić information content (AvgIpc) is 2.41. The second-order valence-electron chi connectivity index (χ2n) is 3.22. The molecule has 0 aromatic heterocycles. The molecule has 2 unspecified atom stereocenters. The van der Waals surface area contributed by atoms with Crippen LogP contribution in [0, 0.1) is 0 Å². The third-order valence-electron chi connectivity index (χ3n) is 1.95. The van der Waals surface area contributed by atoms with Gasteiger partial charge in [-0.3, -0.25) is 0 Å². The van der Waals surface area contributed by atoms with Crippen LogP contribution in [0.4, 0.5) is 0 Å². The van der Waals surface area contributed by atoms with Crippen LogP contribution in [-0.4, -0.2) is 9.79 Å². The van der Waals surface area contributed by atoms with Crippen LogP contribution in [0.1, 0.15) is 0 Å². The molecule has 7 heteroatoms. The van der Waals surface area contributed by atoms with Gasteiger partial charge >= 0.3 is 16.1 Å². The van der Waals surface area contributed by atoms with Crippen LogP contribution < -0.4 is 10.6 Å². The molecule has 0 aliphatic carbocycles. The predicted octanol–water partition coefficient (Wildman–Crippen LogP) is 2.09. The summed E-state index contributed by atoms with van der Waals surface area (Å²) in [4.78, 5) is 17.1. The van der Waals surface area contributed by atoms with Crippen molar-refractivity contribution in [1.82, 2.24) is 0 Å².